The van der Waals surface area contributed by atoms with Crippen molar-refractivity contribution >= 4 is 5.82 Å². The zero-order chi connectivity index (χ0) is 14.2. The predicted octanol–water partition coefficient (Wildman–Crippen LogP) is 1.14. The molecule has 1 aromatic heterocycles. The van der Waals surface area contributed by atoms with Gasteiger partial charge >= 0.3 is 0 Å². The molecule has 1 fully saturated rings. The minimum Gasteiger partial charge on any atom is -0.391 e. The van der Waals surface area contributed by atoms with E-state index in [0.717, 1.165) is 43.3 Å². The van der Waals surface area contributed by atoms with E-state index in [-0.39, 0.29) is 12.1 Å². The summed E-state index contributed by atoms with van der Waals surface area (Å²) in [5.41, 5.74) is 2.12. The van der Waals surface area contributed by atoms with Gasteiger partial charge < -0.3 is 10.0 Å². The van der Waals surface area contributed by atoms with Gasteiger partial charge in [-0.15, -0.1) is 0 Å². The van der Waals surface area contributed by atoms with Crippen molar-refractivity contribution in [2.75, 3.05) is 31.1 Å². The van der Waals surface area contributed by atoms with E-state index in [2.05, 4.69) is 35.7 Å². The molecular weight excluding hydrogens is 240 g/mol. The molecule has 1 aliphatic heterocycles. The van der Waals surface area contributed by atoms with Gasteiger partial charge in [0.1, 0.15) is 5.82 Å². The third-order valence-corrected chi connectivity index (χ3v) is 4.00. The Kier molecular flexibility index (Phi) is 3.87. The molecule has 2 heterocycles. The quantitative estimate of drug-likeness (QED) is 0.872. The highest BCUT2D eigenvalue weighted by molar-refractivity contribution is 5.50. The van der Waals surface area contributed by atoms with Crippen molar-refractivity contribution in [3.8, 4) is 0 Å². The van der Waals surface area contributed by atoms with Gasteiger partial charge in [0, 0.05) is 44.3 Å². The lowest BCUT2D eigenvalue weighted by atomic mass is 10.0. The summed E-state index contributed by atoms with van der Waals surface area (Å²) in [7, 11) is 1.96. The highest BCUT2D eigenvalue weighted by Gasteiger charge is 2.28. The van der Waals surface area contributed by atoms with Crippen LogP contribution < -0.4 is 4.90 Å². The van der Waals surface area contributed by atoms with Crippen molar-refractivity contribution in [1.29, 1.82) is 0 Å². The fourth-order valence-corrected chi connectivity index (χ4v) is 2.86. The number of aromatic nitrogens is 2. The van der Waals surface area contributed by atoms with Crippen LogP contribution in [-0.2, 0) is 13.7 Å². The summed E-state index contributed by atoms with van der Waals surface area (Å²) >= 11 is 0. The second-order valence-electron chi connectivity index (χ2n) is 6.31. The molecule has 0 unspecified atom stereocenters. The molecule has 0 radical (unpaired) electrons. The Bertz CT molecular complexity index is 439. The second kappa shape index (κ2) is 5.13. The van der Waals surface area contributed by atoms with E-state index in [1.54, 1.807) is 0 Å². The first-order valence-electron chi connectivity index (χ1n) is 6.98. The predicted molar refractivity (Wildman–Crippen MR) is 77.4 cm³/mol. The Hall–Kier alpha value is -1.07. The number of aliphatic hydroxyl groups excluding tert-OH is 1. The Morgan fingerprint density at radius 2 is 1.74 bits per heavy atom. The lowest BCUT2D eigenvalue weighted by molar-refractivity contribution is 0.128. The van der Waals surface area contributed by atoms with Gasteiger partial charge in [-0.25, -0.2) is 0 Å². The van der Waals surface area contributed by atoms with Gasteiger partial charge in [-0.05, 0) is 27.7 Å². The van der Waals surface area contributed by atoms with Gasteiger partial charge in [0.15, 0.2) is 0 Å². The molecule has 0 saturated carbocycles. The number of piperazine rings is 1. The van der Waals surface area contributed by atoms with Gasteiger partial charge in [0.25, 0.3) is 0 Å². The zero-order valence-electron chi connectivity index (χ0n) is 12.8. The van der Waals surface area contributed by atoms with Gasteiger partial charge in [-0.1, -0.05) is 0 Å². The Labute approximate surface area is 115 Å². The maximum absolute atomic E-state index is 9.53. The Morgan fingerprint density at radius 1 is 1.16 bits per heavy atom. The topological polar surface area (TPSA) is 44.5 Å². The number of anilines is 1. The number of hydrogen-bond acceptors (Lipinski definition) is 4. The van der Waals surface area contributed by atoms with E-state index in [4.69, 9.17) is 0 Å². The average Bonchev–Trinajstić information content (AvgIpc) is 2.62. The zero-order valence-corrected chi connectivity index (χ0v) is 12.8. The maximum atomic E-state index is 9.53. The van der Waals surface area contributed by atoms with Gasteiger partial charge in [0.2, 0.25) is 0 Å². The fraction of sp³-hybridized carbons (Fsp3) is 0.786. The molecule has 0 amide bonds. The molecule has 0 aromatic carbocycles. The molecule has 5 heteroatoms. The minimum absolute atomic E-state index is 0.0640. The lowest BCUT2D eigenvalue weighted by Gasteiger charge is -2.43. The van der Waals surface area contributed by atoms with Gasteiger partial charge in [-0.3, -0.25) is 9.58 Å². The molecule has 0 bridgehead atoms. The van der Waals surface area contributed by atoms with Crippen LogP contribution in [0.5, 0.6) is 0 Å². The van der Waals surface area contributed by atoms with Crippen LogP contribution in [0.4, 0.5) is 5.82 Å². The van der Waals surface area contributed by atoms with Crippen LogP contribution in [-0.4, -0.2) is 51.5 Å². The normalized spacial score (nSPS) is 18.1. The van der Waals surface area contributed by atoms with E-state index >= 15 is 0 Å². The number of aliphatic hydroxyl groups is 1. The first-order valence-corrected chi connectivity index (χ1v) is 6.98. The highest BCUT2D eigenvalue weighted by atomic mass is 16.3. The number of hydrogen-bond donors (Lipinski definition) is 1. The summed E-state index contributed by atoms with van der Waals surface area (Å²) < 4.78 is 1.90. The smallest absolute Gasteiger partial charge is 0.132 e. The van der Waals surface area contributed by atoms with Crippen LogP contribution >= 0.6 is 0 Å². The van der Waals surface area contributed by atoms with E-state index in [0.29, 0.717) is 0 Å². The molecule has 108 valence electrons. The van der Waals surface area contributed by atoms with E-state index in [9.17, 15) is 5.11 Å². The number of aryl methyl sites for hydroxylation is 2. The van der Waals surface area contributed by atoms with Crippen molar-refractivity contribution in [3.63, 3.8) is 0 Å². The summed E-state index contributed by atoms with van der Waals surface area (Å²) in [6.07, 6.45) is 0. The average molecular weight is 266 g/mol. The molecule has 0 aliphatic carbocycles. The molecule has 19 heavy (non-hydrogen) atoms. The summed E-state index contributed by atoms with van der Waals surface area (Å²) in [5, 5.41) is 14.0. The molecule has 0 atom stereocenters. The largest absolute Gasteiger partial charge is 0.391 e. The van der Waals surface area contributed by atoms with E-state index < -0.39 is 0 Å². The first-order chi connectivity index (χ1) is 8.84. The third-order valence-electron chi connectivity index (χ3n) is 4.00. The number of nitrogens with zero attached hydrogens (tertiary/aromatic N) is 4. The van der Waals surface area contributed by atoms with Crippen LogP contribution in [0.2, 0.25) is 0 Å². The van der Waals surface area contributed by atoms with Gasteiger partial charge in [-0.2, -0.15) is 5.10 Å². The fourth-order valence-electron chi connectivity index (χ4n) is 2.86. The van der Waals surface area contributed by atoms with Crippen LogP contribution in [0.15, 0.2) is 0 Å². The number of rotatable bonds is 2. The van der Waals surface area contributed by atoms with Crippen molar-refractivity contribution in [3.05, 3.63) is 11.3 Å². The minimum atomic E-state index is 0.0640. The van der Waals surface area contributed by atoms with Crippen molar-refractivity contribution in [2.45, 2.75) is 39.8 Å². The first kappa shape index (κ1) is 14.3. The molecule has 1 N–H and O–H groups in total. The van der Waals surface area contributed by atoms with E-state index in [1.807, 2.05) is 18.7 Å². The van der Waals surface area contributed by atoms with Crippen molar-refractivity contribution in [1.82, 2.24) is 14.7 Å². The molecule has 2 rings (SSSR count). The van der Waals surface area contributed by atoms with Crippen LogP contribution in [0, 0.1) is 6.92 Å². The van der Waals surface area contributed by atoms with Crippen molar-refractivity contribution < 1.29 is 5.11 Å². The van der Waals surface area contributed by atoms with Crippen molar-refractivity contribution in [2.24, 2.45) is 7.05 Å². The highest BCUT2D eigenvalue weighted by Crippen LogP contribution is 2.25. The summed E-state index contributed by atoms with van der Waals surface area (Å²) in [5.74, 6) is 1.08. The van der Waals surface area contributed by atoms with Crippen LogP contribution in [0.25, 0.3) is 0 Å². The Morgan fingerprint density at radius 3 is 2.21 bits per heavy atom. The summed E-state index contributed by atoms with van der Waals surface area (Å²) in [6.45, 7) is 12.9. The maximum Gasteiger partial charge on any atom is 0.132 e. The molecule has 1 saturated heterocycles. The molecule has 1 aromatic rings. The third kappa shape index (κ3) is 2.77. The molecule has 1 aliphatic rings. The summed E-state index contributed by atoms with van der Waals surface area (Å²) in [4.78, 5) is 4.85. The summed E-state index contributed by atoms with van der Waals surface area (Å²) in [6, 6.07) is 0. The lowest BCUT2D eigenvalue weighted by Crippen LogP contribution is -2.53. The monoisotopic (exact) mass is 266 g/mol. The van der Waals surface area contributed by atoms with Crippen LogP contribution in [0.1, 0.15) is 32.0 Å². The second-order valence-corrected chi connectivity index (χ2v) is 6.31. The molecule has 0 spiro atoms. The molecular formula is C14H26N4O. The van der Waals surface area contributed by atoms with Gasteiger partial charge in [0.05, 0.1) is 12.3 Å². The van der Waals surface area contributed by atoms with E-state index in [1.165, 1.54) is 0 Å². The SMILES string of the molecule is Cc1nn(C)c(N2CCN(C(C)(C)C)CC2)c1CO. The Balaban J connectivity index is 2.14. The standard InChI is InChI=1S/C14H26N4O/c1-11-12(10-19)13(16(5)15-11)17-6-8-18(9-7-17)14(2,3)4/h19H,6-10H2,1-5H3. The van der Waals surface area contributed by atoms with Crippen LogP contribution in [0.3, 0.4) is 0 Å². The molecule has 5 nitrogen and oxygen atoms in total.